The molecule has 0 amide bonds. The normalized spacial score (nSPS) is 33.9. The molecule has 1 aromatic rings. The Morgan fingerprint density at radius 2 is 2.27 bits per heavy atom. The molecular formula is C11H12N2O2. The first-order chi connectivity index (χ1) is 8.89. The van der Waals surface area contributed by atoms with Crippen LogP contribution in [-0.2, 0) is 0 Å². The van der Waals surface area contributed by atoms with Gasteiger partial charge in [0, 0.05) is 6.50 Å². The molecule has 0 spiro atoms. The molecule has 0 aromatic heterocycles. The van der Waals surface area contributed by atoms with E-state index in [0.29, 0.717) is 11.5 Å². The number of aliphatic imine (C=N–C) groups is 1. The summed E-state index contributed by atoms with van der Waals surface area (Å²) in [5.41, 5.74) is 0. The van der Waals surface area contributed by atoms with Crippen molar-refractivity contribution in [2.24, 2.45) is 4.99 Å². The molecule has 1 aromatic carbocycles. The van der Waals surface area contributed by atoms with Crippen molar-refractivity contribution in [1.29, 1.82) is 0 Å². The fourth-order valence-corrected chi connectivity index (χ4v) is 1.51. The number of hydrogen-bond acceptors (Lipinski definition) is 4. The van der Waals surface area contributed by atoms with E-state index in [4.69, 9.17) is 15.0 Å². The van der Waals surface area contributed by atoms with Gasteiger partial charge in [-0.05, 0) is 12.1 Å². The Hall–Kier alpha value is -1.71. The molecule has 0 saturated heterocycles. The van der Waals surface area contributed by atoms with Crippen molar-refractivity contribution in [2.45, 2.75) is 6.10 Å². The Balaban J connectivity index is 1.84. The molecule has 4 heteroatoms. The third-order valence-corrected chi connectivity index (χ3v) is 2.24. The van der Waals surface area contributed by atoms with E-state index < -0.39 is 19.1 Å². The van der Waals surface area contributed by atoms with Crippen LogP contribution in [0.1, 0.15) is 5.48 Å². The van der Waals surface area contributed by atoms with Crippen LogP contribution in [0.25, 0.3) is 0 Å². The van der Waals surface area contributed by atoms with Crippen LogP contribution in [0, 0.1) is 0 Å². The van der Waals surface area contributed by atoms with Gasteiger partial charge in [-0.3, -0.25) is 4.99 Å². The minimum Gasteiger partial charge on any atom is -0.485 e. The fourth-order valence-electron chi connectivity index (χ4n) is 1.51. The molecule has 2 aliphatic heterocycles. The first-order valence-corrected chi connectivity index (χ1v) is 4.65. The summed E-state index contributed by atoms with van der Waals surface area (Å²) in [5.74, 6) is 1.28. The Labute approximate surface area is 93.5 Å². The highest BCUT2D eigenvalue weighted by Gasteiger charge is 2.26. The molecule has 1 atom stereocenters. The maximum Gasteiger partial charge on any atom is 0.189 e. The van der Waals surface area contributed by atoms with E-state index in [1.165, 1.54) is 0 Å². The highest BCUT2D eigenvalue weighted by atomic mass is 16.6. The smallest absolute Gasteiger partial charge is 0.189 e. The monoisotopic (exact) mass is 208 g/mol. The summed E-state index contributed by atoms with van der Waals surface area (Å²) in [4.78, 5) is 3.73. The lowest BCUT2D eigenvalue weighted by Crippen LogP contribution is -2.42. The zero-order valence-corrected chi connectivity index (χ0v) is 7.86. The second-order valence-corrected chi connectivity index (χ2v) is 3.22. The SMILES string of the molecule is [2H]C1([2H])N=C([C@H]2COc3ccccc3O2)NC1([2H])[2H]. The van der Waals surface area contributed by atoms with Crippen molar-refractivity contribution in [2.75, 3.05) is 19.6 Å². The number of benzene rings is 1. The van der Waals surface area contributed by atoms with E-state index in [0.717, 1.165) is 0 Å². The number of nitrogens with zero attached hydrogens (tertiary/aromatic N) is 1. The summed E-state index contributed by atoms with van der Waals surface area (Å²) in [6.07, 6.45) is -0.637. The number of hydrogen-bond donors (Lipinski definition) is 1. The van der Waals surface area contributed by atoms with E-state index in [1.807, 2.05) is 6.07 Å². The zero-order valence-electron chi connectivity index (χ0n) is 11.9. The second kappa shape index (κ2) is 3.46. The Morgan fingerprint density at radius 1 is 1.40 bits per heavy atom. The Kier molecular flexibility index (Phi) is 1.24. The van der Waals surface area contributed by atoms with Gasteiger partial charge in [-0.15, -0.1) is 0 Å². The number of para-hydroxylation sites is 2. The quantitative estimate of drug-likeness (QED) is 0.743. The summed E-state index contributed by atoms with van der Waals surface area (Å²) in [6.45, 7) is -4.40. The molecule has 0 aliphatic carbocycles. The van der Waals surface area contributed by atoms with Crippen molar-refractivity contribution >= 4 is 5.84 Å². The van der Waals surface area contributed by atoms with Crippen molar-refractivity contribution < 1.29 is 15.0 Å². The van der Waals surface area contributed by atoms with Crippen molar-refractivity contribution in [1.82, 2.24) is 5.32 Å². The van der Waals surface area contributed by atoms with E-state index in [9.17, 15) is 0 Å². The third-order valence-electron chi connectivity index (χ3n) is 2.24. The van der Waals surface area contributed by atoms with Crippen LogP contribution < -0.4 is 14.8 Å². The van der Waals surface area contributed by atoms with Crippen LogP contribution in [0.4, 0.5) is 0 Å². The van der Waals surface area contributed by atoms with E-state index in [2.05, 4.69) is 10.3 Å². The number of amidine groups is 1. The van der Waals surface area contributed by atoms with E-state index in [1.54, 1.807) is 18.2 Å². The predicted octanol–water partition coefficient (Wildman–Crippen LogP) is 0.828. The number of nitrogens with one attached hydrogen (secondary N) is 1. The minimum atomic E-state index is -2.32. The molecule has 0 saturated carbocycles. The van der Waals surface area contributed by atoms with E-state index >= 15 is 0 Å². The minimum absolute atomic E-state index is 0.129. The molecule has 4 nitrogen and oxygen atoms in total. The van der Waals surface area contributed by atoms with Crippen LogP contribution in [-0.4, -0.2) is 31.5 Å². The van der Waals surface area contributed by atoms with Gasteiger partial charge < -0.3 is 14.8 Å². The lowest BCUT2D eigenvalue weighted by Gasteiger charge is -2.26. The van der Waals surface area contributed by atoms with Gasteiger partial charge in [0.25, 0.3) is 0 Å². The fraction of sp³-hybridized carbons (Fsp3) is 0.364. The summed E-state index contributed by atoms with van der Waals surface area (Å²) in [5, 5.41) is 2.42. The molecule has 0 radical (unpaired) electrons. The maximum atomic E-state index is 7.55. The summed E-state index contributed by atoms with van der Waals surface area (Å²) >= 11 is 0. The second-order valence-electron chi connectivity index (χ2n) is 3.22. The van der Waals surface area contributed by atoms with Crippen molar-refractivity contribution in [3.8, 4) is 11.5 Å². The molecule has 3 rings (SSSR count). The molecular weight excluding hydrogens is 192 g/mol. The largest absolute Gasteiger partial charge is 0.485 e. The van der Waals surface area contributed by atoms with Crippen molar-refractivity contribution in [3.63, 3.8) is 0 Å². The highest BCUT2D eigenvalue weighted by molar-refractivity contribution is 5.88. The van der Waals surface area contributed by atoms with Gasteiger partial charge in [0.15, 0.2) is 17.6 Å². The molecule has 15 heavy (non-hydrogen) atoms. The van der Waals surface area contributed by atoms with Gasteiger partial charge in [-0.25, -0.2) is 0 Å². The third kappa shape index (κ3) is 1.52. The van der Waals surface area contributed by atoms with Crippen molar-refractivity contribution in [3.05, 3.63) is 24.3 Å². The molecule has 2 aliphatic rings. The predicted molar refractivity (Wildman–Crippen MR) is 56.7 cm³/mol. The average Bonchev–Trinajstić information content (AvgIpc) is 2.58. The Bertz CT molecular complexity index is 547. The first kappa shape index (κ1) is 5.39. The van der Waals surface area contributed by atoms with Gasteiger partial charge in [0.05, 0.1) is 12.0 Å². The van der Waals surface area contributed by atoms with Gasteiger partial charge in [-0.2, -0.15) is 0 Å². The molecule has 0 fully saturated rings. The number of ether oxygens (including phenoxy) is 2. The molecule has 2 heterocycles. The van der Waals surface area contributed by atoms with E-state index in [-0.39, 0.29) is 12.4 Å². The van der Waals surface area contributed by atoms with Gasteiger partial charge >= 0.3 is 0 Å². The topological polar surface area (TPSA) is 42.9 Å². The summed E-state index contributed by atoms with van der Waals surface area (Å²) in [6, 6.07) is 7.13. The Morgan fingerprint density at radius 3 is 3.07 bits per heavy atom. The van der Waals surface area contributed by atoms with Gasteiger partial charge in [-0.1, -0.05) is 12.1 Å². The molecule has 0 bridgehead atoms. The molecule has 0 unspecified atom stereocenters. The van der Waals surface area contributed by atoms with Crippen LogP contribution in [0.15, 0.2) is 29.3 Å². The van der Waals surface area contributed by atoms with Crippen LogP contribution in [0.5, 0.6) is 11.5 Å². The van der Waals surface area contributed by atoms with Gasteiger partial charge in [0.1, 0.15) is 12.4 Å². The maximum absolute atomic E-state index is 7.55. The highest BCUT2D eigenvalue weighted by Crippen LogP contribution is 2.31. The standard InChI is InChI=1S/C11H12N2O2/c1-2-4-9-8(3-1)14-7-10(15-9)11-12-5-6-13-11/h1-4,10H,5-7H2,(H,12,13)/t10-/m1/s1/i5D2,6D2. The van der Waals surface area contributed by atoms with Crippen LogP contribution in [0.2, 0.25) is 0 Å². The van der Waals surface area contributed by atoms with Crippen LogP contribution in [0.3, 0.4) is 0 Å². The van der Waals surface area contributed by atoms with Crippen LogP contribution >= 0.6 is 0 Å². The lowest BCUT2D eigenvalue weighted by molar-refractivity contribution is 0.133. The summed E-state index contributed by atoms with van der Waals surface area (Å²) in [7, 11) is 0. The lowest BCUT2D eigenvalue weighted by atomic mass is 10.2. The zero-order chi connectivity index (χ0) is 13.7. The number of rotatable bonds is 1. The van der Waals surface area contributed by atoms with Gasteiger partial charge in [0.2, 0.25) is 0 Å². The summed E-state index contributed by atoms with van der Waals surface area (Å²) < 4.78 is 41.3. The first-order valence-electron chi connectivity index (χ1n) is 6.65. The average molecular weight is 208 g/mol. The molecule has 1 N–H and O–H groups in total. The number of fused-ring (bicyclic) bond motifs is 1. The molecule has 78 valence electrons.